The van der Waals surface area contributed by atoms with Crippen molar-refractivity contribution in [3.63, 3.8) is 0 Å². The summed E-state index contributed by atoms with van der Waals surface area (Å²) in [5.74, 6) is 0. The number of hydrogen-bond acceptors (Lipinski definition) is 3. The summed E-state index contributed by atoms with van der Waals surface area (Å²) in [5.41, 5.74) is 9.94. The van der Waals surface area contributed by atoms with E-state index in [-0.39, 0.29) is 0 Å². The van der Waals surface area contributed by atoms with E-state index in [0.29, 0.717) is 16.7 Å². The quantitative estimate of drug-likeness (QED) is 0.196. The van der Waals surface area contributed by atoms with Crippen molar-refractivity contribution < 1.29 is 4.42 Å². The van der Waals surface area contributed by atoms with E-state index >= 15 is 0 Å². The number of fused-ring (bicyclic) bond motifs is 9. The molecule has 10 aromatic rings. The van der Waals surface area contributed by atoms with Crippen LogP contribution in [0.3, 0.4) is 0 Å². The molecule has 0 saturated heterocycles. The fraction of sp³-hybridized carbons (Fsp3) is 0. The monoisotopic (exact) mass is 624 g/mol. The lowest BCUT2D eigenvalue weighted by atomic mass is 9.95. The first-order chi connectivity index (χ1) is 24.2. The van der Waals surface area contributed by atoms with E-state index in [1.54, 1.807) is 0 Å². The van der Waals surface area contributed by atoms with Gasteiger partial charge in [-0.2, -0.15) is 10.5 Å². The molecule has 3 heterocycles. The van der Waals surface area contributed by atoms with Crippen LogP contribution in [0.4, 0.5) is 0 Å². The number of nitrogens with zero attached hydrogens (tertiary/aromatic N) is 4. The molecule has 0 saturated carbocycles. The highest BCUT2D eigenvalue weighted by Gasteiger charge is 2.20. The average Bonchev–Trinajstić information content (AvgIpc) is 3.80. The third kappa shape index (κ3) is 3.85. The van der Waals surface area contributed by atoms with Crippen molar-refractivity contribution in [1.82, 2.24) is 9.13 Å². The third-order valence-electron chi connectivity index (χ3n) is 9.78. The van der Waals surface area contributed by atoms with Crippen LogP contribution in [0.15, 0.2) is 150 Å². The van der Waals surface area contributed by atoms with Crippen molar-refractivity contribution in [3.05, 3.63) is 157 Å². The molecule has 226 valence electrons. The van der Waals surface area contributed by atoms with Crippen LogP contribution in [0, 0.1) is 22.7 Å². The van der Waals surface area contributed by atoms with E-state index < -0.39 is 0 Å². The average molecular weight is 625 g/mol. The van der Waals surface area contributed by atoms with E-state index in [2.05, 4.69) is 112 Å². The lowest BCUT2D eigenvalue weighted by Gasteiger charge is -2.15. The van der Waals surface area contributed by atoms with Crippen molar-refractivity contribution in [2.45, 2.75) is 0 Å². The van der Waals surface area contributed by atoms with Crippen LogP contribution in [0.25, 0.3) is 88.1 Å². The Morgan fingerprint density at radius 2 is 1.04 bits per heavy atom. The van der Waals surface area contributed by atoms with E-state index in [9.17, 15) is 10.5 Å². The Labute approximate surface area is 280 Å². The van der Waals surface area contributed by atoms with Gasteiger partial charge in [-0.05, 0) is 66.2 Å². The van der Waals surface area contributed by atoms with Gasteiger partial charge in [-0.3, -0.25) is 0 Å². The molecule has 0 aliphatic heterocycles. The first-order valence-electron chi connectivity index (χ1n) is 16.1. The van der Waals surface area contributed by atoms with Crippen LogP contribution in [0.2, 0.25) is 0 Å². The predicted molar refractivity (Wildman–Crippen MR) is 197 cm³/mol. The zero-order chi connectivity index (χ0) is 32.6. The molecule has 0 fully saturated rings. The van der Waals surface area contributed by atoms with Gasteiger partial charge in [0.2, 0.25) is 0 Å². The van der Waals surface area contributed by atoms with Gasteiger partial charge < -0.3 is 13.6 Å². The summed E-state index contributed by atoms with van der Waals surface area (Å²) in [6, 6.07) is 54.4. The van der Waals surface area contributed by atoms with Gasteiger partial charge in [0.25, 0.3) is 0 Å². The normalized spacial score (nSPS) is 11.6. The molecule has 0 radical (unpaired) electrons. The zero-order valence-electron chi connectivity index (χ0n) is 26.1. The van der Waals surface area contributed by atoms with Crippen LogP contribution in [0.1, 0.15) is 11.1 Å². The van der Waals surface area contributed by atoms with E-state index in [1.807, 2.05) is 54.6 Å². The Morgan fingerprint density at radius 3 is 1.71 bits per heavy atom. The smallest absolute Gasteiger partial charge is 0.136 e. The minimum Gasteiger partial charge on any atom is -0.456 e. The Hall–Kier alpha value is -7.08. The van der Waals surface area contributed by atoms with Crippen molar-refractivity contribution in [2.24, 2.45) is 0 Å². The van der Waals surface area contributed by atoms with Gasteiger partial charge in [-0.1, -0.05) is 84.9 Å². The van der Waals surface area contributed by atoms with Crippen LogP contribution in [-0.2, 0) is 0 Å². The molecule has 3 aromatic heterocycles. The molecule has 0 N–H and O–H groups in total. The number of furan rings is 1. The van der Waals surface area contributed by atoms with E-state index in [0.717, 1.165) is 71.7 Å². The molecule has 7 aromatic carbocycles. The Balaban J connectivity index is 1.25. The topological polar surface area (TPSA) is 70.6 Å². The second-order valence-electron chi connectivity index (χ2n) is 12.4. The number of nitriles is 2. The van der Waals surface area contributed by atoms with Crippen molar-refractivity contribution >= 4 is 65.6 Å². The highest BCUT2D eigenvalue weighted by atomic mass is 16.3. The van der Waals surface area contributed by atoms with Gasteiger partial charge in [0.15, 0.2) is 0 Å². The van der Waals surface area contributed by atoms with Gasteiger partial charge in [0, 0.05) is 49.3 Å². The second-order valence-corrected chi connectivity index (χ2v) is 12.4. The van der Waals surface area contributed by atoms with Gasteiger partial charge in [-0.15, -0.1) is 0 Å². The van der Waals surface area contributed by atoms with Crippen LogP contribution < -0.4 is 0 Å². The van der Waals surface area contributed by atoms with Gasteiger partial charge >= 0.3 is 0 Å². The lowest BCUT2D eigenvalue weighted by molar-refractivity contribution is 0.669. The van der Waals surface area contributed by atoms with Crippen LogP contribution in [-0.4, -0.2) is 9.13 Å². The molecule has 0 unspecified atom stereocenters. The number of aromatic nitrogens is 2. The predicted octanol–water partition coefficient (Wildman–Crippen LogP) is 11.2. The minimum absolute atomic E-state index is 0.332. The number of hydrogen-bond donors (Lipinski definition) is 0. The maximum atomic E-state index is 10.5. The third-order valence-corrected chi connectivity index (χ3v) is 9.78. The molecule has 0 atom stereocenters. The minimum atomic E-state index is 0.332. The Kier molecular flexibility index (Phi) is 5.64. The van der Waals surface area contributed by atoms with Gasteiger partial charge in [0.05, 0.1) is 33.2 Å². The zero-order valence-corrected chi connectivity index (χ0v) is 26.1. The Bertz CT molecular complexity index is 3030. The maximum absolute atomic E-state index is 10.5. The maximum Gasteiger partial charge on any atom is 0.136 e. The SMILES string of the molecule is N#Cc1cc(-n2c3ccccc3c3cc4oc5ccccc5c4cc32)cc(-c2cccc(-n3c4ccccc4c4ccccc43)c2)c1C#N. The molecular formula is C44H24N4O. The van der Waals surface area contributed by atoms with E-state index in [4.69, 9.17) is 4.42 Å². The van der Waals surface area contributed by atoms with Crippen LogP contribution >= 0.6 is 0 Å². The molecular weight excluding hydrogens is 601 g/mol. The Morgan fingerprint density at radius 1 is 0.429 bits per heavy atom. The largest absolute Gasteiger partial charge is 0.456 e. The van der Waals surface area contributed by atoms with E-state index in [1.165, 1.54) is 10.8 Å². The standard InChI is InChI=1S/C44H24N4O/c45-25-28-21-30(48-41-18-7-3-14-33(41)36-24-44-37(23-42(36)48)34-15-4-8-19-43(34)49-44)22-35(38(28)26-46)27-10-9-11-29(20-27)47-39-16-5-1-12-31(39)32-13-2-6-17-40(32)47/h1-24H. The molecule has 10 rings (SSSR count). The fourth-order valence-corrected chi connectivity index (χ4v) is 7.67. The molecule has 0 amide bonds. The summed E-state index contributed by atoms with van der Waals surface area (Å²) in [6.07, 6.45) is 0. The van der Waals surface area contributed by atoms with Crippen molar-refractivity contribution in [2.75, 3.05) is 0 Å². The van der Waals surface area contributed by atoms with Crippen molar-refractivity contribution in [3.8, 4) is 34.6 Å². The fourth-order valence-electron chi connectivity index (χ4n) is 7.67. The summed E-state index contributed by atoms with van der Waals surface area (Å²) in [7, 11) is 0. The molecule has 0 aliphatic carbocycles. The summed E-state index contributed by atoms with van der Waals surface area (Å²) in [5, 5.41) is 27.5. The highest BCUT2D eigenvalue weighted by Crippen LogP contribution is 2.40. The second kappa shape index (κ2) is 10.2. The van der Waals surface area contributed by atoms with Gasteiger partial charge in [0.1, 0.15) is 23.3 Å². The van der Waals surface area contributed by atoms with Crippen LogP contribution in [0.5, 0.6) is 0 Å². The lowest BCUT2D eigenvalue weighted by Crippen LogP contribution is -2.00. The number of benzene rings is 7. The number of para-hydroxylation sites is 4. The summed E-state index contributed by atoms with van der Waals surface area (Å²) >= 11 is 0. The molecule has 5 nitrogen and oxygen atoms in total. The molecule has 0 bridgehead atoms. The molecule has 49 heavy (non-hydrogen) atoms. The van der Waals surface area contributed by atoms with Crippen molar-refractivity contribution in [1.29, 1.82) is 10.5 Å². The number of rotatable bonds is 3. The first-order valence-corrected chi connectivity index (χ1v) is 16.1. The molecule has 0 spiro atoms. The summed E-state index contributed by atoms with van der Waals surface area (Å²) < 4.78 is 10.7. The summed E-state index contributed by atoms with van der Waals surface area (Å²) in [4.78, 5) is 0. The molecule has 0 aliphatic rings. The molecule has 5 heteroatoms. The van der Waals surface area contributed by atoms with Gasteiger partial charge in [-0.25, -0.2) is 0 Å². The first kappa shape index (κ1) is 27.1. The highest BCUT2D eigenvalue weighted by molar-refractivity contribution is 6.17. The summed E-state index contributed by atoms with van der Waals surface area (Å²) in [6.45, 7) is 0.